The Balaban J connectivity index is 3.34. The topological polar surface area (TPSA) is 35.5 Å². The van der Waals surface area contributed by atoms with E-state index in [1.807, 2.05) is 0 Å². The van der Waals surface area contributed by atoms with Crippen molar-refractivity contribution < 1.29 is 27.4 Å². The minimum atomic E-state index is -3.13. The molecule has 0 atom stereocenters. The van der Waals surface area contributed by atoms with Crippen LogP contribution in [-0.2, 0) is 10.6 Å². The van der Waals surface area contributed by atoms with Crippen molar-refractivity contribution in [3.05, 3.63) is 29.1 Å². The van der Waals surface area contributed by atoms with E-state index < -0.39 is 29.7 Å². The summed E-state index contributed by atoms with van der Waals surface area (Å²) in [6.07, 6.45) is 0. The summed E-state index contributed by atoms with van der Waals surface area (Å²) in [5.74, 6) is -2.61. The highest BCUT2D eigenvalue weighted by Crippen LogP contribution is 2.28. The summed E-state index contributed by atoms with van der Waals surface area (Å²) in [4.78, 5) is 11.4. The molecule has 94 valence electrons. The third-order valence-electron chi connectivity index (χ3n) is 1.96. The standard InChI is InChI=1S/C10H8ClF3O3/c1-16-9(15)8-5(4-11)6(12)2-3-7(8)17-10(13)14/h2-3,10H,4H2,1H3. The number of carbonyl (C=O) groups excluding carboxylic acids is 1. The first kappa shape index (κ1) is 13.6. The van der Waals surface area contributed by atoms with Gasteiger partial charge in [0.15, 0.2) is 0 Å². The van der Waals surface area contributed by atoms with Gasteiger partial charge in [0.05, 0.1) is 13.0 Å². The minimum Gasteiger partial charge on any atom is -0.465 e. The fraction of sp³-hybridized carbons (Fsp3) is 0.300. The van der Waals surface area contributed by atoms with Crippen molar-refractivity contribution in [3.63, 3.8) is 0 Å². The van der Waals surface area contributed by atoms with Gasteiger partial charge >= 0.3 is 12.6 Å². The molecule has 1 aromatic carbocycles. The molecule has 0 bridgehead atoms. The molecular weight excluding hydrogens is 261 g/mol. The number of benzene rings is 1. The van der Waals surface area contributed by atoms with E-state index in [-0.39, 0.29) is 11.4 Å². The second kappa shape index (κ2) is 5.77. The van der Waals surface area contributed by atoms with Crippen LogP contribution in [0.25, 0.3) is 0 Å². The molecule has 0 aromatic heterocycles. The van der Waals surface area contributed by atoms with Crippen molar-refractivity contribution in [3.8, 4) is 5.75 Å². The first-order valence-corrected chi connectivity index (χ1v) is 4.95. The molecule has 0 unspecified atom stereocenters. The van der Waals surface area contributed by atoms with Crippen LogP contribution in [0.5, 0.6) is 5.75 Å². The minimum absolute atomic E-state index is 0.239. The number of halogens is 4. The van der Waals surface area contributed by atoms with Crippen molar-refractivity contribution in [1.82, 2.24) is 0 Å². The number of rotatable bonds is 4. The van der Waals surface area contributed by atoms with Crippen molar-refractivity contribution in [1.29, 1.82) is 0 Å². The normalized spacial score (nSPS) is 10.5. The van der Waals surface area contributed by atoms with Gasteiger partial charge in [0.25, 0.3) is 0 Å². The first-order chi connectivity index (χ1) is 8.01. The summed E-state index contributed by atoms with van der Waals surface area (Å²) in [6, 6.07) is 1.81. The zero-order valence-electron chi connectivity index (χ0n) is 8.68. The van der Waals surface area contributed by atoms with Crippen LogP contribution >= 0.6 is 11.6 Å². The molecule has 0 fully saturated rings. The molecular formula is C10H8ClF3O3. The van der Waals surface area contributed by atoms with Crippen LogP contribution in [0.15, 0.2) is 12.1 Å². The SMILES string of the molecule is COC(=O)c1c(OC(F)F)ccc(F)c1CCl. The van der Waals surface area contributed by atoms with Crippen LogP contribution in [0.1, 0.15) is 15.9 Å². The predicted molar refractivity (Wildman–Crippen MR) is 53.9 cm³/mol. The second-order valence-electron chi connectivity index (χ2n) is 2.90. The van der Waals surface area contributed by atoms with Gasteiger partial charge in [-0.15, -0.1) is 11.6 Å². The van der Waals surface area contributed by atoms with Gasteiger partial charge in [0, 0.05) is 5.56 Å². The van der Waals surface area contributed by atoms with E-state index in [2.05, 4.69) is 9.47 Å². The molecule has 1 aromatic rings. The van der Waals surface area contributed by atoms with Gasteiger partial charge < -0.3 is 9.47 Å². The second-order valence-corrected chi connectivity index (χ2v) is 3.17. The lowest BCUT2D eigenvalue weighted by Gasteiger charge is -2.12. The Bertz CT molecular complexity index is 424. The van der Waals surface area contributed by atoms with Crippen LogP contribution in [0.2, 0.25) is 0 Å². The molecule has 0 radical (unpaired) electrons. The van der Waals surface area contributed by atoms with Gasteiger partial charge in [-0.2, -0.15) is 8.78 Å². The van der Waals surface area contributed by atoms with E-state index in [1.165, 1.54) is 0 Å². The van der Waals surface area contributed by atoms with Crippen LogP contribution in [0.4, 0.5) is 13.2 Å². The lowest BCUT2D eigenvalue weighted by atomic mass is 10.1. The summed E-state index contributed by atoms with van der Waals surface area (Å²) in [5.41, 5.74) is -0.667. The molecule has 0 aliphatic heterocycles. The van der Waals surface area contributed by atoms with Gasteiger partial charge in [0.2, 0.25) is 0 Å². The van der Waals surface area contributed by atoms with Gasteiger partial charge in [-0.3, -0.25) is 0 Å². The molecule has 0 heterocycles. The largest absolute Gasteiger partial charge is 0.465 e. The van der Waals surface area contributed by atoms with Crippen LogP contribution in [0, 0.1) is 5.82 Å². The summed E-state index contributed by atoms with van der Waals surface area (Å²) in [5, 5.41) is 0. The lowest BCUT2D eigenvalue weighted by molar-refractivity contribution is -0.0505. The van der Waals surface area contributed by atoms with Crippen molar-refractivity contribution in [2.24, 2.45) is 0 Å². The maximum atomic E-state index is 13.3. The third kappa shape index (κ3) is 3.03. The summed E-state index contributed by atoms with van der Waals surface area (Å²) in [7, 11) is 1.04. The third-order valence-corrected chi connectivity index (χ3v) is 2.22. The highest BCUT2D eigenvalue weighted by molar-refractivity contribution is 6.17. The van der Waals surface area contributed by atoms with Crippen LogP contribution < -0.4 is 4.74 Å². The number of methoxy groups -OCH3 is 1. The highest BCUT2D eigenvalue weighted by Gasteiger charge is 2.23. The van der Waals surface area contributed by atoms with Crippen molar-refractivity contribution >= 4 is 17.6 Å². The number of esters is 1. The molecule has 7 heteroatoms. The number of ether oxygens (including phenoxy) is 2. The predicted octanol–water partition coefficient (Wildman–Crippen LogP) is 2.95. The van der Waals surface area contributed by atoms with E-state index >= 15 is 0 Å². The summed E-state index contributed by atoms with van der Waals surface area (Å²) >= 11 is 5.46. The van der Waals surface area contributed by atoms with E-state index in [4.69, 9.17) is 11.6 Å². The summed E-state index contributed by atoms with van der Waals surface area (Å²) < 4.78 is 46.0. The highest BCUT2D eigenvalue weighted by atomic mass is 35.5. The molecule has 3 nitrogen and oxygen atoms in total. The molecule has 0 aliphatic carbocycles. The Morgan fingerprint density at radius 3 is 2.59 bits per heavy atom. The molecule has 1 rings (SSSR count). The number of hydrogen-bond acceptors (Lipinski definition) is 3. The Morgan fingerprint density at radius 1 is 1.47 bits per heavy atom. The van der Waals surface area contributed by atoms with E-state index in [1.54, 1.807) is 0 Å². The first-order valence-electron chi connectivity index (χ1n) is 4.41. The van der Waals surface area contributed by atoms with Gasteiger partial charge in [-0.05, 0) is 12.1 Å². The quantitative estimate of drug-likeness (QED) is 0.622. The molecule has 0 saturated heterocycles. The maximum Gasteiger partial charge on any atom is 0.387 e. The molecule has 17 heavy (non-hydrogen) atoms. The van der Waals surface area contributed by atoms with E-state index in [0.717, 1.165) is 19.2 Å². The lowest BCUT2D eigenvalue weighted by Crippen LogP contribution is -2.12. The molecule has 0 amide bonds. The average Bonchev–Trinajstić information content (AvgIpc) is 2.29. The summed E-state index contributed by atoms with van der Waals surface area (Å²) in [6.45, 7) is -3.13. The Kier molecular flexibility index (Phi) is 4.62. The van der Waals surface area contributed by atoms with Gasteiger partial charge in [0.1, 0.15) is 17.1 Å². The van der Waals surface area contributed by atoms with Crippen molar-refractivity contribution in [2.75, 3.05) is 7.11 Å². The molecule has 0 N–H and O–H groups in total. The van der Waals surface area contributed by atoms with Crippen molar-refractivity contribution in [2.45, 2.75) is 12.5 Å². The Hall–Kier alpha value is -1.43. The zero-order valence-corrected chi connectivity index (χ0v) is 9.43. The van der Waals surface area contributed by atoms with Crippen LogP contribution in [-0.4, -0.2) is 19.7 Å². The maximum absolute atomic E-state index is 13.3. The van der Waals surface area contributed by atoms with Gasteiger partial charge in [-0.1, -0.05) is 0 Å². The fourth-order valence-electron chi connectivity index (χ4n) is 1.25. The zero-order chi connectivity index (χ0) is 13.0. The number of carbonyl (C=O) groups is 1. The van der Waals surface area contributed by atoms with E-state index in [0.29, 0.717) is 0 Å². The van der Waals surface area contributed by atoms with E-state index in [9.17, 15) is 18.0 Å². The molecule has 0 aliphatic rings. The fourth-order valence-corrected chi connectivity index (χ4v) is 1.51. The molecule has 0 saturated carbocycles. The molecule has 0 spiro atoms. The number of alkyl halides is 3. The average molecular weight is 269 g/mol. The van der Waals surface area contributed by atoms with Gasteiger partial charge in [-0.25, -0.2) is 9.18 Å². The Labute approximate surface area is 100 Å². The monoisotopic (exact) mass is 268 g/mol. The van der Waals surface area contributed by atoms with Crippen LogP contribution in [0.3, 0.4) is 0 Å². The Morgan fingerprint density at radius 2 is 2.12 bits per heavy atom. The smallest absolute Gasteiger partial charge is 0.387 e. The number of hydrogen-bond donors (Lipinski definition) is 0.